The molecule has 1 aromatic heterocycles. The van der Waals surface area contributed by atoms with Gasteiger partial charge < -0.3 is 5.11 Å². The van der Waals surface area contributed by atoms with Crippen LogP contribution in [0.1, 0.15) is 38.2 Å². The molecule has 0 radical (unpaired) electrons. The number of phenols is 1. The Hall–Kier alpha value is -2.23. The highest BCUT2D eigenvalue weighted by molar-refractivity contribution is 5.52. The molecule has 0 unspecified atom stereocenters. The van der Waals surface area contributed by atoms with Crippen LogP contribution >= 0.6 is 0 Å². The van der Waals surface area contributed by atoms with Crippen molar-refractivity contribution >= 4 is 11.4 Å². The van der Waals surface area contributed by atoms with Gasteiger partial charge in [-0.25, -0.2) is 4.98 Å². The number of rotatable bonds is 7. The third kappa shape index (κ3) is 4.99. The van der Waals surface area contributed by atoms with Crippen LogP contribution in [0.4, 0.5) is 11.4 Å². The molecule has 0 aliphatic heterocycles. The number of phenolic OH excluding ortho intramolecular Hbond substituents is 1. The summed E-state index contributed by atoms with van der Waals surface area (Å²) in [6.45, 7) is 2.21. The summed E-state index contributed by atoms with van der Waals surface area (Å²) in [5, 5.41) is 18.1. The van der Waals surface area contributed by atoms with Gasteiger partial charge >= 0.3 is 0 Å². The van der Waals surface area contributed by atoms with Crippen LogP contribution < -0.4 is 4.98 Å². The Kier molecular flexibility index (Phi) is 5.88. The van der Waals surface area contributed by atoms with E-state index in [1.807, 2.05) is 30.5 Å². The predicted octanol–water partition coefficient (Wildman–Crippen LogP) is 4.74. The third-order valence-electron chi connectivity index (χ3n) is 3.32. The van der Waals surface area contributed by atoms with E-state index in [1.165, 1.54) is 31.2 Å². The van der Waals surface area contributed by atoms with E-state index in [1.54, 1.807) is 12.3 Å². The van der Waals surface area contributed by atoms with Crippen LogP contribution in [0.25, 0.3) is 0 Å². The van der Waals surface area contributed by atoms with Gasteiger partial charge in [0, 0.05) is 6.07 Å². The Balaban J connectivity index is 2.03. The van der Waals surface area contributed by atoms with E-state index in [4.69, 9.17) is 0 Å². The van der Waals surface area contributed by atoms with Gasteiger partial charge in [-0.05, 0) is 36.6 Å². The molecule has 0 fully saturated rings. The monoisotopic (exact) mass is 284 g/mol. The molecule has 0 amide bonds. The summed E-state index contributed by atoms with van der Waals surface area (Å²) in [5.74, 6) is 0.163. The van der Waals surface area contributed by atoms with Crippen LogP contribution in [0.5, 0.6) is 5.75 Å². The second kappa shape index (κ2) is 8.15. The average Bonchev–Trinajstić information content (AvgIpc) is 2.53. The lowest BCUT2D eigenvalue weighted by molar-refractivity contribution is -0.377. The van der Waals surface area contributed by atoms with Gasteiger partial charge in [0.05, 0.1) is 0 Å². The number of benzene rings is 1. The lowest BCUT2D eigenvalue weighted by Gasteiger charge is -2.04. The molecule has 21 heavy (non-hydrogen) atoms. The fraction of sp³-hybridized carbons (Fsp3) is 0.353. The highest BCUT2D eigenvalue weighted by Crippen LogP contribution is 2.29. The molecule has 0 aliphatic carbocycles. The highest BCUT2D eigenvalue weighted by Gasteiger charge is 2.03. The zero-order valence-corrected chi connectivity index (χ0v) is 12.4. The van der Waals surface area contributed by atoms with Crippen LogP contribution in [-0.2, 0) is 6.42 Å². The highest BCUT2D eigenvalue weighted by atomic mass is 16.3. The first-order valence-corrected chi connectivity index (χ1v) is 7.49. The predicted molar refractivity (Wildman–Crippen MR) is 83.1 cm³/mol. The van der Waals surface area contributed by atoms with E-state index in [0.717, 1.165) is 12.1 Å². The molecule has 0 atom stereocenters. The number of H-pyrrole nitrogens is 1. The summed E-state index contributed by atoms with van der Waals surface area (Å²) in [6, 6.07) is 9.28. The number of aromatic hydroxyl groups is 1. The lowest BCUT2D eigenvalue weighted by atomic mass is 10.1. The first-order valence-electron chi connectivity index (χ1n) is 7.49. The van der Waals surface area contributed by atoms with E-state index in [0.29, 0.717) is 5.69 Å². The second-order valence-electron chi connectivity index (χ2n) is 5.10. The minimum atomic E-state index is 0.163. The Bertz CT molecular complexity index is 582. The Labute approximate surface area is 125 Å². The molecule has 1 heterocycles. The zero-order valence-electron chi connectivity index (χ0n) is 12.4. The number of hydrogen-bond donors (Lipinski definition) is 1. The standard InChI is InChI=1S/C17H21N3O/c1-2-3-4-5-7-14-9-10-17(21)16(12-14)20-19-15-8-6-11-18-13-15/h6,8-13,21H,2-5,7H2,1H3/p+1. The molecule has 2 N–H and O–H groups in total. The molecule has 4 heteroatoms. The minimum absolute atomic E-state index is 0.163. The Morgan fingerprint density at radius 2 is 2.00 bits per heavy atom. The van der Waals surface area contributed by atoms with Crippen LogP contribution in [0.3, 0.4) is 0 Å². The van der Waals surface area contributed by atoms with Gasteiger partial charge in [0.15, 0.2) is 12.4 Å². The molecule has 0 spiro atoms. The number of hydrogen-bond acceptors (Lipinski definition) is 3. The number of aryl methyl sites for hydroxylation is 1. The van der Waals surface area contributed by atoms with Crippen LogP contribution in [0, 0.1) is 0 Å². The van der Waals surface area contributed by atoms with Crippen LogP contribution in [-0.4, -0.2) is 5.11 Å². The van der Waals surface area contributed by atoms with Crippen molar-refractivity contribution in [2.45, 2.75) is 39.0 Å². The molecule has 0 bridgehead atoms. The van der Waals surface area contributed by atoms with Gasteiger partial charge in [0.2, 0.25) is 0 Å². The van der Waals surface area contributed by atoms with Gasteiger partial charge in [-0.1, -0.05) is 32.3 Å². The normalized spacial score (nSPS) is 11.1. The molecule has 110 valence electrons. The summed E-state index contributed by atoms with van der Waals surface area (Å²) < 4.78 is 0. The number of unbranched alkanes of at least 4 members (excludes halogenated alkanes) is 3. The third-order valence-corrected chi connectivity index (χ3v) is 3.32. The summed E-state index contributed by atoms with van der Waals surface area (Å²) in [7, 11) is 0. The Morgan fingerprint density at radius 3 is 2.76 bits per heavy atom. The number of pyridine rings is 1. The Morgan fingerprint density at radius 1 is 1.10 bits per heavy atom. The quantitative estimate of drug-likeness (QED) is 0.579. The van der Waals surface area contributed by atoms with Crippen LogP contribution in [0.15, 0.2) is 53.0 Å². The van der Waals surface area contributed by atoms with Gasteiger partial charge in [0.25, 0.3) is 0 Å². The SMILES string of the molecule is CCCCCCc1ccc(O)c(N=Nc2ccc[nH+]c2)c1. The number of nitrogens with one attached hydrogen (secondary N) is 1. The number of aromatic nitrogens is 1. The fourth-order valence-corrected chi connectivity index (χ4v) is 2.12. The minimum Gasteiger partial charge on any atom is -0.506 e. The van der Waals surface area contributed by atoms with Gasteiger partial charge in [-0.15, -0.1) is 10.2 Å². The van der Waals surface area contributed by atoms with Crippen LogP contribution in [0.2, 0.25) is 0 Å². The fourth-order valence-electron chi connectivity index (χ4n) is 2.12. The molecule has 1 aromatic carbocycles. The number of nitrogens with zero attached hydrogens (tertiary/aromatic N) is 2. The molecule has 2 rings (SSSR count). The van der Waals surface area contributed by atoms with Crippen molar-refractivity contribution in [3.63, 3.8) is 0 Å². The molecule has 4 nitrogen and oxygen atoms in total. The molecule has 0 aliphatic rings. The van der Waals surface area contributed by atoms with Crippen molar-refractivity contribution in [1.29, 1.82) is 0 Å². The number of aromatic amines is 1. The average molecular weight is 284 g/mol. The first-order chi connectivity index (χ1) is 10.3. The van der Waals surface area contributed by atoms with E-state index in [-0.39, 0.29) is 5.75 Å². The first kappa shape index (κ1) is 15.2. The summed E-state index contributed by atoms with van der Waals surface area (Å²) in [4.78, 5) is 2.95. The lowest BCUT2D eigenvalue weighted by Crippen LogP contribution is -1.95. The second-order valence-corrected chi connectivity index (χ2v) is 5.10. The summed E-state index contributed by atoms with van der Waals surface area (Å²) in [6.07, 6.45) is 9.51. The largest absolute Gasteiger partial charge is 0.506 e. The smallest absolute Gasteiger partial charge is 0.194 e. The van der Waals surface area contributed by atoms with Crippen molar-refractivity contribution in [1.82, 2.24) is 0 Å². The van der Waals surface area contributed by atoms with Crippen molar-refractivity contribution < 1.29 is 10.1 Å². The van der Waals surface area contributed by atoms with E-state index in [2.05, 4.69) is 22.1 Å². The van der Waals surface area contributed by atoms with Crippen molar-refractivity contribution in [2.75, 3.05) is 0 Å². The summed E-state index contributed by atoms with van der Waals surface area (Å²) in [5.41, 5.74) is 2.44. The molecule has 2 aromatic rings. The molecular weight excluding hydrogens is 262 g/mol. The van der Waals surface area contributed by atoms with E-state index < -0.39 is 0 Å². The van der Waals surface area contributed by atoms with E-state index in [9.17, 15) is 5.11 Å². The van der Waals surface area contributed by atoms with Gasteiger partial charge in [-0.2, -0.15) is 0 Å². The molecule has 0 saturated carbocycles. The topological polar surface area (TPSA) is 59.1 Å². The van der Waals surface area contributed by atoms with E-state index >= 15 is 0 Å². The molecular formula is C17H22N3O+. The maximum atomic E-state index is 9.86. The van der Waals surface area contributed by atoms with Crippen molar-refractivity contribution in [3.8, 4) is 5.75 Å². The summed E-state index contributed by atoms with van der Waals surface area (Å²) >= 11 is 0. The number of azo groups is 1. The zero-order chi connectivity index (χ0) is 14.9. The molecule has 0 saturated heterocycles. The van der Waals surface area contributed by atoms with Crippen molar-refractivity contribution in [3.05, 3.63) is 48.3 Å². The maximum absolute atomic E-state index is 9.86. The van der Waals surface area contributed by atoms with Gasteiger partial charge in [0.1, 0.15) is 17.1 Å². The maximum Gasteiger partial charge on any atom is 0.194 e. The van der Waals surface area contributed by atoms with Gasteiger partial charge in [-0.3, -0.25) is 0 Å². The van der Waals surface area contributed by atoms with Crippen molar-refractivity contribution in [2.24, 2.45) is 10.2 Å².